The fourth-order valence-corrected chi connectivity index (χ4v) is 0.428. The number of hydrogen-bond acceptors (Lipinski definition) is 3. The van der Waals surface area contributed by atoms with Crippen molar-refractivity contribution in [1.82, 2.24) is 0 Å². The van der Waals surface area contributed by atoms with Crippen LogP contribution in [0.3, 0.4) is 0 Å². The van der Waals surface area contributed by atoms with E-state index in [1.54, 1.807) is 24.3 Å². The summed E-state index contributed by atoms with van der Waals surface area (Å²) in [6.07, 6.45) is 1.67. The zero-order chi connectivity index (χ0) is 13.7. The molecule has 92 valence electrons. The van der Waals surface area contributed by atoms with Crippen molar-refractivity contribution in [3.8, 4) is 5.75 Å². The van der Waals surface area contributed by atoms with E-state index in [0.717, 1.165) is 12.2 Å². The topological polar surface area (TPSA) is 94.8 Å². The summed E-state index contributed by atoms with van der Waals surface area (Å²) in [6, 6.07) is 8.71. The van der Waals surface area contributed by atoms with Crippen LogP contribution in [0, 0.1) is 0 Å². The lowest BCUT2D eigenvalue weighted by Gasteiger charge is -1.82. The molecule has 0 unspecified atom stereocenters. The first-order chi connectivity index (χ1) is 7.93. The molecule has 5 nitrogen and oxygen atoms in total. The maximum Gasteiger partial charge on any atom is 0.327 e. The lowest BCUT2D eigenvalue weighted by atomic mass is 10.3. The van der Waals surface area contributed by atoms with Crippen molar-refractivity contribution in [1.29, 1.82) is 0 Å². The van der Waals surface area contributed by atoms with Crippen molar-refractivity contribution in [3.63, 3.8) is 0 Å². The largest absolute Gasteiger partial charge is 0.508 e. The molecule has 0 aliphatic rings. The van der Waals surface area contributed by atoms with Crippen molar-refractivity contribution in [2.75, 3.05) is 0 Å². The van der Waals surface area contributed by atoms with Gasteiger partial charge in [0.2, 0.25) is 0 Å². The van der Waals surface area contributed by atoms with Gasteiger partial charge in [-0.05, 0) is 12.1 Å². The highest BCUT2D eigenvalue weighted by atomic mass is 16.4. The zero-order valence-corrected chi connectivity index (χ0v) is 9.11. The number of para-hydroxylation sites is 1. The highest BCUT2D eigenvalue weighted by Gasteiger charge is 1.75. The van der Waals surface area contributed by atoms with E-state index >= 15 is 0 Å². The molecular weight excluding hydrogens is 224 g/mol. The van der Waals surface area contributed by atoms with Gasteiger partial charge >= 0.3 is 11.9 Å². The monoisotopic (exact) mass is 238 g/mol. The molecule has 0 heterocycles. The second-order valence-corrected chi connectivity index (χ2v) is 2.42. The molecule has 0 amide bonds. The Hall–Kier alpha value is -2.56. The lowest BCUT2D eigenvalue weighted by molar-refractivity contribution is -0.132. The number of rotatable bonds is 2. The molecule has 0 atom stereocenters. The Labute approximate surface area is 99.0 Å². The summed E-state index contributed by atoms with van der Waals surface area (Å²) in [4.78, 5) is 18.5. The minimum atomic E-state index is -0.981. The molecule has 1 aromatic carbocycles. The smallest absolute Gasteiger partial charge is 0.327 e. The van der Waals surface area contributed by atoms with Gasteiger partial charge in [0.25, 0.3) is 0 Å². The normalized spacial score (nSPS) is 7.29. The first-order valence-corrected chi connectivity index (χ1v) is 4.38. The van der Waals surface area contributed by atoms with Gasteiger partial charge in [-0.1, -0.05) is 31.4 Å². The van der Waals surface area contributed by atoms with E-state index in [4.69, 9.17) is 15.3 Å². The Morgan fingerprint density at radius 1 is 0.941 bits per heavy atom. The second kappa shape index (κ2) is 11.5. The minimum absolute atomic E-state index is 0.322. The van der Waals surface area contributed by atoms with E-state index in [9.17, 15) is 9.59 Å². The molecule has 0 fully saturated rings. The van der Waals surface area contributed by atoms with Crippen LogP contribution < -0.4 is 0 Å². The van der Waals surface area contributed by atoms with E-state index in [1.165, 1.54) is 0 Å². The van der Waals surface area contributed by atoms with Gasteiger partial charge in [-0.2, -0.15) is 0 Å². The average molecular weight is 238 g/mol. The SMILES string of the molecule is C=CC(=O)O.C=CC(=O)O.Oc1ccccc1. The van der Waals surface area contributed by atoms with Crippen LogP contribution in [-0.2, 0) is 9.59 Å². The quantitative estimate of drug-likeness (QED) is 0.684. The molecule has 5 heteroatoms. The maximum absolute atomic E-state index is 9.25. The highest BCUT2D eigenvalue weighted by molar-refractivity contribution is 5.79. The van der Waals surface area contributed by atoms with E-state index in [0.29, 0.717) is 5.75 Å². The molecule has 0 saturated carbocycles. The first kappa shape index (κ1) is 16.9. The fourth-order valence-electron chi connectivity index (χ4n) is 0.428. The Balaban J connectivity index is 0. The molecule has 0 saturated heterocycles. The van der Waals surface area contributed by atoms with E-state index in [-0.39, 0.29) is 0 Å². The van der Waals surface area contributed by atoms with Crippen LogP contribution in [-0.4, -0.2) is 27.3 Å². The second-order valence-electron chi connectivity index (χ2n) is 2.42. The van der Waals surface area contributed by atoms with Crippen LogP contribution in [0.15, 0.2) is 55.6 Å². The Morgan fingerprint density at radius 3 is 1.35 bits per heavy atom. The third-order valence-electron chi connectivity index (χ3n) is 1.11. The molecule has 0 radical (unpaired) electrons. The van der Waals surface area contributed by atoms with Gasteiger partial charge in [0.1, 0.15) is 5.75 Å². The fraction of sp³-hybridized carbons (Fsp3) is 0. The molecule has 17 heavy (non-hydrogen) atoms. The number of aliphatic carboxylic acids is 2. The number of phenols is 1. The van der Waals surface area contributed by atoms with Gasteiger partial charge < -0.3 is 15.3 Å². The summed E-state index contributed by atoms with van der Waals surface area (Å²) in [6.45, 7) is 5.92. The number of carboxylic acids is 2. The molecule has 0 aliphatic heterocycles. The number of benzene rings is 1. The average Bonchev–Trinajstić information content (AvgIpc) is 2.31. The number of phenolic OH excluding ortho intramolecular Hbond substituents is 1. The Kier molecular flexibility index (Phi) is 11.4. The van der Waals surface area contributed by atoms with Crippen LogP contribution >= 0.6 is 0 Å². The molecular formula is C12H14O5. The standard InChI is InChI=1S/C6H6O.2C3H4O2/c7-6-4-2-1-3-5-6;2*1-2-3(4)5/h1-5,7H;2*2H,1H2,(H,4,5). The summed E-state index contributed by atoms with van der Waals surface area (Å²) in [7, 11) is 0. The van der Waals surface area contributed by atoms with Crippen LogP contribution in [0.5, 0.6) is 5.75 Å². The van der Waals surface area contributed by atoms with Crippen LogP contribution in [0.1, 0.15) is 0 Å². The predicted octanol–water partition coefficient (Wildman–Crippen LogP) is 1.91. The third kappa shape index (κ3) is 19.7. The molecule has 1 rings (SSSR count). The van der Waals surface area contributed by atoms with Crippen molar-refractivity contribution < 1.29 is 24.9 Å². The van der Waals surface area contributed by atoms with Crippen molar-refractivity contribution >= 4 is 11.9 Å². The van der Waals surface area contributed by atoms with Crippen molar-refractivity contribution in [2.24, 2.45) is 0 Å². The molecule has 3 N–H and O–H groups in total. The lowest BCUT2D eigenvalue weighted by Crippen LogP contribution is -1.82. The van der Waals surface area contributed by atoms with Gasteiger partial charge in [0, 0.05) is 12.2 Å². The van der Waals surface area contributed by atoms with Crippen molar-refractivity contribution in [3.05, 3.63) is 55.6 Å². The van der Waals surface area contributed by atoms with E-state index in [1.807, 2.05) is 6.07 Å². The molecule has 1 aromatic rings. The number of carbonyl (C=O) groups is 2. The molecule has 0 spiro atoms. The van der Waals surface area contributed by atoms with Crippen LogP contribution in [0.4, 0.5) is 0 Å². The van der Waals surface area contributed by atoms with Crippen LogP contribution in [0.25, 0.3) is 0 Å². The first-order valence-electron chi connectivity index (χ1n) is 4.38. The van der Waals surface area contributed by atoms with Gasteiger partial charge in [-0.25, -0.2) is 9.59 Å². The molecule has 0 aliphatic carbocycles. The zero-order valence-electron chi connectivity index (χ0n) is 9.11. The Morgan fingerprint density at radius 2 is 1.24 bits per heavy atom. The van der Waals surface area contributed by atoms with Gasteiger partial charge in [0.15, 0.2) is 0 Å². The molecule has 0 bridgehead atoms. The van der Waals surface area contributed by atoms with Gasteiger partial charge in [-0.15, -0.1) is 0 Å². The predicted molar refractivity (Wildman–Crippen MR) is 63.8 cm³/mol. The summed E-state index contributed by atoms with van der Waals surface area (Å²) in [5.74, 6) is -1.64. The van der Waals surface area contributed by atoms with Crippen LogP contribution in [0.2, 0.25) is 0 Å². The summed E-state index contributed by atoms with van der Waals surface area (Å²) < 4.78 is 0. The number of carboxylic acid groups (broad SMARTS) is 2. The van der Waals surface area contributed by atoms with Gasteiger partial charge in [-0.3, -0.25) is 0 Å². The van der Waals surface area contributed by atoms with Gasteiger partial charge in [0.05, 0.1) is 0 Å². The summed E-state index contributed by atoms with van der Waals surface area (Å²) in [5, 5.41) is 23.8. The van der Waals surface area contributed by atoms with E-state index in [2.05, 4.69) is 13.2 Å². The Bertz CT molecular complexity index is 338. The maximum atomic E-state index is 9.25. The number of hydrogen-bond donors (Lipinski definition) is 3. The minimum Gasteiger partial charge on any atom is -0.508 e. The molecule has 0 aromatic heterocycles. The van der Waals surface area contributed by atoms with Crippen molar-refractivity contribution in [2.45, 2.75) is 0 Å². The number of aromatic hydroxyl groups is 1. The van der Waals surface area contributed by atoms with E-state index < -0.39 is 11.9 Å². The third-order valence-corrected chi connectivity index (χ3v) is 1.11. The summed E-state index contributed by atoms with van der Waals surface area (Å²) in [5.41, 5.74) is 0. The summed E-state index contributed by atoms with van der Waals surface area (Å²) >= 11 is 0. The highest BCUT2D eigenvalue weighted by Crippen LogP contribution is 2.02.